The van der Waals surface area contributed by atoms with Crippen molar-refractivity contribution in [2.75, 3.05) is 5.73 Å². The van der Waals surface area contributed by atoms with Gasteiger partial charge in [-0.1, -0.05) is 18.1 Å². The minimum Gasteiger partial charge on any atom is -0.381 e. The topological polar surface area (TPSA) is 114 Å². The summed E-state index contributed by atoms with van der Waals surface area (Å²) in [6.45, 7) is 0. The van der Waals surface area contributed by atoms with Crippen LogP contribution in [0.4, 0.5) is 5.82 Å². The number of benzene rings is 1. The fourth-order valence-electron chi connectivity index (χ4n) is 3.18. The van der Waals surface area contributed by atoms with Crippen LogP contribution in [0.2, 0.25) is 0 Å². The SMILES string of the molecule is Nc1nc(C#CCC2(NC(=O)c3nc4ccccc4[nH]3)CC2)cn2ccnc12. The second kappa shape index (κ2) is 6.09. The molecule has 0 radical (unpaired) electrons. The largest absolute Gasteiger partial charge is 0.381 e. The predicted molar refractivity (Wildman–Crippen MR) is 104 cm³/mol. The van der Waals surface area contributed by atoms with Gasteiger partial charge >= 0.3 is 0 Å². The molecule has 1 aliphatic carbocycles. The molecule has 0 atom stereocenters. The molecule has 1 fully saturated rings. The highest BCUT2D eigenvalue weighted by molar-refractivity contribution is 5.94. The van der Waals surface area contributed by atoms with Gasteiger partial charge in [-0.05, 0) is 30.9 Å². The summed E-state index contributed by atoms with van der Waals surface area (Å²) in [5.41, 5.74) is 8.41. The van der Waals surface area contributed by atoms with Crippen LogP contribution in [0.5, 0.6) is 0 Å². The zero-order chi connectivity index (χ0) is 19.1. The Morgan fingerprint density at radius 2 is 2.18 bits per heavy atom. The van der Waals surface area contributed by atoms with Crippen LogP contribution < -0.4 is 11.1 Å². The van der Waals surface area contributed by atoms with E-state index in [9.17, 15) is 4.79 Å². The van der Waals surface area contributed by atoms with E-state index < -0.39 is 0 Å². The Hall–Kier alpha value is -3.86. The standard InChI is InChI=1S/C20H17N7O/c21-16-18-22-10-11-27(18)12-13(23-16)4-3-7-20(8-9-20)26-19(28)17-24-14-5-1-2-6-15(14)25-17/h1-2,5-6,10-12H,7-9H2,(H2,21,23)(H,24,25)(H,26,28). The van der Waals surface area contributed by atoms with Crippen LogP contribution in [-0.2, 0) is 0 Å². The summed E-state index contributed by atoms with van der Waals surface area (Å²) in [7, 11) is 0. The molecular weight excluding hydrogens is 354 g/mol. The van der Waals surface area contributed by atoms with Crippen molar-refractivity contribution < 1.29 is 4.79 Å². The molecule has 4 N–H and O–H groups in total. The average Bonchev–Trinajstić information content (AvgIpc) is 3.09. The van der Waals surface area contributed by atoms with E-state index >= 15 is 0 Å². The number of carbonyl (C=O) groups excluding carboxylic acids is 1. The van der Waals surface area contributed by atoms with Gasteiger partial charge in [-0.2, -0.15) is 0 Å². The number of anilines is 1. The molecule has 1 amide bonds. The first-order valence-corrected chi connectivity index (χ1v) is 8.97. The number of fused-ring (bicyclic) bond motifs is 2. The molecule has 5 rings (SSSR count). The number of nitrogens with one attached hydrogen (secondary N) is 2. The average molecular weight is 371 g/mol. The Bertz CT molecular complexity index is 1240. The van der Waals surface area contributed by atoms with Crippen molar-refractivity contribution in [2.24, 2.45) is 0 Å². The molecule has 1 aromatic carbocycles. The molecule has 8 nitrogen and oxygen atoms in total. The Morgan fingerprint density at radius 1 is 1.32 bits per heavy atom. The first kappa shape index (κ1) is 16.3. The number of imidazole rings is 2. The molecule has 8 heteroatoms. The molecule has 0 saturated heterocycles. The smallest absolute Gasteiger partial charge is 0.287 e. The summed E-state index contributed by atoms with van der Waals surface area (Å²) in [5, 5.41) is 3.07. The van der Waals surface area contributed by atoms with Gasteiger partial charge in [-0.25, -0.2) is 15.0 Å². The number of para-hydroxylation sites is 2. The van der Waals surface area contributed by atoms with Crippen LogP contribution in [0, 0.1) is 11.8 Å². The van der Waals surface area contributed by atoms with Crippen molar-refractivity contribution in [3.63, 3.8) is 0 Å². The van der Waals surface area contributed by atoms with E-state index in [1.807, 2.05) is 24.3 Å². The van der Waals surface area contributed by atoms with Crippen LogP contribution in [0.25, 0.3) is 16.7 Å². The zero-order valence-corrected chi connectivity index (χ0v) is 14.9. The molecule has 0 unspecified atom stereocenters. The third kappa shape index (κ3) is 2.93. The van der Waals surface area contributed by atoms with E-state index in [0.717, 1.165) is 23.9 Å². The van der Waals surface area contributed by atoms with Gasteiger partial charge in [0, 0.05) is 25.0 Å². The lowest BCUT2D eigenvalue weighted by molar-refractivity contribution is 0.0923. The maximum atomic E-state index is 12.6. The highest BCUT2D eigenvalue weighted by Crippen LogP contribution is 2.38. The van der Waals surface area contributed by atoms with E-state index in [1.54, 1.807) is 23.0 Å². The molecule has 28 heavy (non-hydrogen) atoms. The van der Waals surface area contributed by atoms with Gasteiger partial charge in [-0.3, -0.25) is 4.79 Å². The summed E-state index contributed by atoms with van der Waals surface area (Å²) in [6.07, 6.45) is 7.58. The van der Waals surface area contributed by atoms with E-state index in [1.165, 1.54) is 0 Å². The molecular formula is C20H17N7O. The molecule has 3 aromatic heterocycles. The number of nitrogen functional groups attached to an aromatic ring is 1. The van der Waals surface area contributed by atoms with Gasteiger partial charge in [0.1, 0.15) is 5.69 Å². The minimum absolute atomic E-state index is 0.210. The van der Waals surface area contributed by atoms with Crippen LogP contribution in [0.15, 0.2) is 42.9 Å². The number of hydrogen-bond acceptors (Lipinski definition) is 5. The Kier molecular flexibility index (Phi) is 3.55. The molecule has 4 aromatic rings. The maximum absolute atomic E-state index is 12.6. The lowest BCUT2D eigenvalue weighted by Crippen LogP contribution is -2.37. The first-order chi connectivity index (χ1) is 13.6. The Labute approximate surface area is 160 Å². The minimum atomic E-state index is -0.298. The van der Waals surface area contributed by atoms with E-state index in [2.05, 4.69) is 37.1 Å². The molecule has 1 saturated carbocycles. The number of carbonyl (C=O) groups is 1. The monoisotopic (exact) mass is 371 g/mol. The first-order valence-electron chi connectivity index (χ1n) is 8.97. The molecule has 138 valence electrons. The van der Waals surface area contributed by atoms with Crippen molar-refractivity contribution in [1.29, 1.82) is 0 Å². The number of rotatable bonds is 3. The fraction of sp³-hybridized carbons (Fsp3) is 0.200. The van der Waals surface area contributed by atoms with E-state index in [4.69, 9.17) is 5.73 Å². The molecule has 0 bridgehead atoms. The number of aromatic amines is 1. The second-order valence-electron chi connectivity index (χ2n) is 6.99. The van der Waals surface area contributed by atoms with Crippen molar-refractivity contribution in [1.82, 2.24) is 29.7 Å². The number of hydrogen-bond donors (Lipinski definition) is 3. The van der Waals surface area contributed by atoms with Gasteiger partial charge in [0.15, 0.2) is 17.3 Å². The summed E-state index contributed by atoms with van der Waals surface area (Å²) in [6, 6.07) is 7.57. The van der Waals surface area contributed by atoms with Crippen LogP contribution in [0.3, 0.4) is 0 Å². The van der Waals surface area contributed by atoms with Gasteiger partial charge in [0.2, 0.25) is 0 Å². The number of aromatic nitrogens is 5. The van der Waals surface area contributed by atoms with Crippen molar-refractivity contribution in [2.45, 2.75) is 24.8 Å². The summed E-state index contributed by atoms with van der Waals surface area (Å²) in [5.74, 6) is 6.61. The highest BCUT2D eigenvalue weighted by Gasteiger charge is 2.43. The predicted octanol–water partition coefficient (Wildman–Crippen LogP) is 1.89. The fourth-order valence-corrected chi connectivity index (χ4v) is 3.18. The summed E-state index contributed by atoms with van der Waals surface area (Å²) < 4.78 is 1.79. The second-order valence-corrected chi connectivity index (χ2v) is 6.99. The van der Waals surface area contributed by atoms with Crippen LogP contribution >= 0.6 is 0 Å². The molecule has 3 heterocycles. The Morgan fingerprint density at radius 3 is 3.00 bits per heavy atom. The van der Waals surface area contributed by atoms with Crippen molar-refractivity contribution in [3.8, 4) is 11.8 Å². The van der Waals surface area contributed by atoms with Crippen LogP contribution in [0.1, 0.15) is 35.6 Å². The lowest BCUT2D eigenvalue weighted by atomic mass is 10.2. The van der Waals surface area contributed by atoms with Crippen LogP contribution in [-0.4, -0.2) is 35.8 Å². The number of H-pyrrole nitrogens is 1. The number of nitrogens with two attached hydrogens (primary N) is 1. The third-order valence-electron chi connectivity index (χ3n) is 4.88. The van der Waals surface area contributed by atoms with Gasteiger partial charge < -0.3 is 20.4 Å². The van der Waals surface area contributed by atoms with Crippen molar-refractivity contribution >= 4 is 28.4 Å². The van der Waals surface area contributed by atoms with Gasteiger partial charge in [0.25, 0.3) is 5.91 Å². The maximum Gasteiger partial charge on any atom is 0.287 e. The normalized spacial score (nSPS) is 14.6. The van der Waals surface area contributed by atoms with Crippen molar-refractivity contribution in [3.05, 3.63) is 54.4 Å². The van der Waals surface area contributed by atoms with Gasteiger partial charge in [0.05, 0.1) is 16.6 Å². The Balaban J connectivity index is 1.30. The summed E-state index contributed by atoms with van der Waals surface area (Å²) in [4.78, 5) is 28.4. The highest BCUT2D eigenvalue weighted by atomic mass is 16.2. The quantitative estimate of drug-likeness (QED) is 0.476. The summed E-state index contributed by atoms with van der Waals surface area (Å²) >= 11 is 0. The third-order valence-corrected chi connectivity index (χ3v) is 4.88. The molecule has 1 aliphatic rings. The van der Waals surface area contributed by atoms with Gasteiger partial charge in [-0.15, -0.1) is 0 Å². The zero-order valence-electron chi connectivity index (χ0n) is 14.9. The molecule has 0 aliphatic heterocycles. The van der Waals surface area contributed by atoms with E-state index in [0.29, 0.717) is 29.4 Å². The van der Waals surface area contributed by atoms with E-state index in [-0.39, 0.29) is 11.4 Å². The molecule has 0 spiro atoms. The number of nitrogens with zero attached hydrogens (tertiary/aromatic N) is 4. The lowest BCUT2D eigenvalue weighted by Gasteiger charge is -2.13. The number of amides is 1.